The standard InChI is InChI=1S/C12H15N5S.HI/c1-13-12(17-9-11-15-6-7-18-11)16-8-10-4-2-3-5-14-10;/h2-7H,8-9H2,1H3,(H2,13,16,17);1H. The molecule has 0 aliphatic rings. The first-order valence-corrected chi connectivity index (χ1v) is 6.49. The van der Waals surface area contributed by atoms with Gasteiger partial charge in [0.25, 0.3) is 0 Å². The van der Waals surface area contributed by atoms with E-state index in [1.807, 2.05) is 23.6 Å². The number of pyridine rings is 1. The Morgan fingerprint density at radius 1 is 1.21 bits per heavy atom. The maximum atomic E-state index is 4.24. The average molecular weight is 389 g/mol. The van der Waals surface area contributed by atoms with Gasteiger partial charge in [-0.2, -0.15) is 0 Å². The largest absolute Gasteiger partial charge is 0.351 e. The van der Waals surface area contributed by atoms with Crippen molar-refractivity contribution in [1.82, 2.24) is 20.6 Å². The van der Waals surface area contributed by atoms with Gasteiger partial charge in [-0.15, -0.1) is 35.3 Å². The number of nitrogens with zero attached hydrogens (tertiary/aromatic N) is 3. The molecule has 0 aliphatic heterocycles. The smallest absolute Gasteiger partial charge is 0.191 e. The second-order valence-corrected chi connectivity index (χ2v) is 4.51. The van der Waals surface area contributed by atoms with Gasteiger partial charge in [0.1, 0.15) is 5.01 Å². The van der Waals surface area contributed by atoms with E-state index >= 15 is 0 Å². The molecular formula is C12H16IN5S. The Labute approximate surface area is 133 Å². The Morgan fingerprint density at radius 3 is 2.68 bits per heavy atom. The van der Waals surface area contributed by atoms with Crippen LogP contribution in [0.5, 0.6) is 0 Å². The number of halogens is 1. The molecular weight excluding hydrogens is 373 g/mol. The lowest BCUT2D eigenvalue weighted by molar-refractivity contribution is 0.791. The van der Waals surface area contributed by atoms with E-state index in [1.54, 1.807) is 30.8 Å². The predicted molar refractivity (Wildman–Crippen MR) is 88.8 cm³/mol. The summed E-state index contributed by atoms with van der Waals surface area (Å²) >= 11 is 1.62. The Kier molecular flexibility index (Phi) is 7.34. The molecule has 0 aromatic carbocycles. The fourth-order valence-electron chi connectivity index (χ4n) is 1.40. The molecule has 5 nitrogen and oxygen atoms in total. The van der Waals surface area contributed by atoms with Crippen LogP contribution in [0.25, 0.3) is 0 Å². The van der Waals surface area contributed by atoms with Crippen molar-refractivity contribution >= 4 is 41.3 Å². The highest BCUT2D eigenvalue weighted by molar-refractivity contribution is 14.0. The van der Waals surface area contributed by atoms with Crippen molar-refractivity contribution in [3.05, 3.63) is 46.7 Å². The predicted octanol–water partition coefficient (Wildman–Crippen LogP) is 2.02. The van der Waals surface area contributed by atoms with Crippen molar-refractivity contribution < 1.29 is 0 Å². The molecule has 2 aromatic rings. The maximum Gasteiger partial charge on any atom is 0.191 e. The van der Waals surface area contributed by atoms with Crippen molar-refractivity contribution in [3.63, 3.8) is 0 Å². The van der Waals surface area contributed by atoms with Crippen LogP contribution < -0.4 is 10.6 Å². The summed E-state index contributed by atoms with van der Waals surface area (Å²) in [6.45, 7) is 1.33. The van der Waals surface area contributed by atoms with Crippen LogP contribution in [0.2, 0.25) is 0 Å². The third kappa shape index (κ3) is 5.52. The van der Waals surface area contributed by atoms with Gasteiger partial charge >= 0.3 is 0 Å². The lowest BCUT2D eigenvalue weighted by Gasteiger charge is -2.10. The van der Waals surface area contributed by atoms with Crippen LogP contribution in [0.3, 0.4) is 0 Å². The van der Waals surface area contributed by atoms with Crippen molar-refractivity contribution in [3.8, 4) is 0 Å². The zero-order valence-corrected chi connectivity index (χ0v) is 13.7. The van der Waals surface area contributed by atoms with Gasteiger partial charge in [-0.3, -0.25) is 9.98 Å². The van der Waals surface area contributed by atoms with Gasteiger partial charge in [0.05, 0.1) is 18.8 Å². The number of aromatic nitrogens is 2. The Bertz CT molecular complexity index is 486. The van der Waals surface area contributed by atoms with E-state index in [1.165, 1.54) is 0 Å². The highest BCUT2D eigenvalue weighted by Gasteiger charge is 2.00. The minimum absolute atomic E-state index is 0. The van der Waals surface area contributed by atoms with Gasteiger partial charge in [0.15, 0.2) is 5.96 Å². The quantitative estimate of drug-likeness (QED) is 0.477. The molecule has 0 radical (unpaired) electrons. The zero-order valence-electron chi connectivity index (χ0n) is 10.5. The van der Waals surface area contributed by atoms with E-state index in [-0.39, 0.29) is 24.0 Å². The zero-order chi connectivity index (χ0) is 12.6. The molecule has 0 spiro atoms. The lowest BCUT2D eigenvalue weighted by atomic mass is 10.3. The summed E-state index contributed by atoms with van der Waals surface area (Å²) in [7, 11) is 1.75. The van der Waals surface area contributed by atoms with Crippen LogP contribution in [0, 0.1) is 0 Å². The molecule has 7 heteroatoms. The molecule has 0 atom stereocenters. The molecule has 0 saturated carbocycles. The number of guanidine groups is 1. The normalized spacial score (nSPS) is 10.7. The molecule has 0 unspecified atom stereocenters. The van der Waals surface area contributed by atoms with Gasteiger partial charge in [0.2, 0.25) is 0 Å². The first kappa shape index (κ1) is 15.8. The molecule has 2 heterocycles. The summed E-state index contributed by atoms with van der Waals surface area (Å²) in [5.41, 5.74) is 0.981. The summed E-state index contributed by atoms with van der Waals surface area (Å²) < 4.78 is 0. The second kappa shape index (κ2) is 8.81. The highest BCUT2D eigenvalue weighted by atomic mass is 127. The summed E-state index contributed by atoms with van der Waals surface area (Å²) in [5.74, 6) is 0.746. The van der Waals surface area contributed by atoms with Crippen LogP contribution in [0.1, 0.15) is 10.7 Å². The van der Waals surface area contributed by atoms with Gasteiger partial charge in [-0.1, -0.05) is 6.07 Å². The third-order valence-corrected chi connectivity index (χ3v) is 3.06. The monoisotopic (exact) mass is 389 g/mol. The topological polar surface area (TPSA) is 62.2 Å². The van der Waals surface area contributed by atoms with Crippen molar-refractivity contribution in [2.45, 2.75) is 13.1 Å². The SMILES string of the molecule is CN=C(NCc1ccccn1)NCc1nccs1.I. The molecule has 0 aliphatic carbocycles. The number of aliphatic imine (C=N–C) groups is 1. The number of thiazole rings is 1. The Balaban J connectivity index is 0.00000180. The first-order valence-electron chi connectivity index (χ1n) is 5.61. The van der Waals surface area contributed by atoms with E-state index in [2.05, 4.69) is 25.6 Å². The van der Waals surface area contributed by atoms with Gasteiger partial charge < -0.3 is 10.6 Å². The van der Waals surface area contributed by atoms with Gasteiger partial charge in [-0.25, -0.2) is 4.98 Å². The van der Waals surface area contributed by atoms with E-state index in [9.17, 15) is 0 Å². The Hall–Kier alpha value is -1.22. The Morgan fingerprint density at radius 2 is 2.05 bits per heavy atom. The molecule has 0 amide bonds. The van der Waals surface area contributed by atoms with Crippen molar-refractivity contribution in [2.75, 3.05) is 7.05 Å². The van der Waals surface area contributed by atoms with Crippen LogP contribution in [-0.4, -0.2) is 23.0 Å². The summed E-state index contributed by atoms with van der Waals surface area (Å²) in [4.78, 5) is 12.6. The van der Waals surface area contributed by atoms with E-state index in [4.69, 9.17) is 0 Å². The number of nitrogens with one attached hydrogen (secondary N) is 2. The highest BCUT2D eigenvalue weighted by Crippen LogP contribution is 2.02. The fraction of sp³-hybridized carbons (Fsp3) is 0.250. The van der Waals surface area contributed by atoms with Crippen LogP contribution >= 0.6 is 35.3 Å². The fourth-order valence-corrected chi connectivity index (χ4v) is 1.95. The first-order chi connectivity index (χ1) is 8.88. The van der Waals surface area contributed by atoms with Crippen LogP contribution in [0.4, 0.5) is 0 Å². The molecule has 2 aromatic heterocycles. The summed E-state index contributed by atoms with van der Waals surface area (Å²) in [5, 5.41) is 9.40. The van der Waals surface area contributed by atoms with Crippen molar-refractivity contribution in [2.24, 2.45) is 4.99 Å². The van der Waals surface area contributed by atoms with Gasteiger partial charge in [0, 0.05) is 24.8 Å². The second-order valence-electron chi connectivity index (χ2n) is 3.53. The lowest BCUT2D eigenvalue weighted by Crippen LogP contribution is -2.36. The molecule has 19 heavy (non-hydrogen) atoms. The number of hydrogen-bond donors (Lipinski definition) is 2. The third-order valence-electron chi connectivity index (χ3n) is 2.28. The van der Waals surface area contributed by atoms with E-state index in [0.717, 1.165) is 16.7 Å². The summed E-state index contributed by atoms with van der Waals surface area (Å²) in [6.07, 6.45) is 3.58. The molecule has 0 bridgehead atoms. The van der Waals surface area contributed by atoms with E-state index < -0.39 is 0 Å². The molecule has 2 N–H and O–H groups in total. The van der Waals surface area contributed by atoms with Crippen LogP contribution in [-0.2, 0) is 13.1 Å². The van der Waals surface area contributed by atoms with Gasteiger partial charge in [-0.05, 0) is 12.1 Å². The minimum atomic E-state index is 0. The number of hydrogen-bond acceptors (Lipinski definition) is 4. The van der Waals surface area contributed by atoms with Crippen LogP contribution in [0.15, 0.2) is 41.0 Å². The molecule has 0 saturated heterocycles. The molecule has 0 fully saturated rings. The number of rotatable bonds is 4. The molecule has 102 valence electrons. The summed E-state index contributed by atoms with van der Waals surface area (Å²) in [6, 6.07) is 5.84. The van der Waals surface area contributed by atoms with Crippen molar-refractivity contribution in [1.29, 1.82) is 0 Å². The minimum Gasteiger partial charge on any atom is -0.351 e. The van der Waals surface area contributed by atoms with E-state index in [0.29, 0.717) is 13.1 Å². The maximum absolute atomic E-state index is 4.24. The average Bonchev–Trinajstić information content (AvgIpc) is 2.93. The molecule has 2 rings (SSSR count).